The summed E-state index contributed by atoms with van der Waals surface area (Å²) in [6.07, 6.45) is -1.01. The number of aliphatic hydroxyl groups is 1. The number of ether oxygens (including phenoxy) is 2. The first kappa shape index (κ1) is 27.7. The van der Waals surface area contributed by atoms with Crippen LogP contribution in [0.3, 0.4) is 0 Å². The molecule has 0 fully saturated rings. The summed E-state index contributed by atoms with van der Waals surface area (Å²) in [5.74, 6) is -0.277. The summed E-state index contributed by atoms with van der Waals surface area (Å²) in [6, 6.07) is 15.6. The molecular formula is C30H39N3O5. The van der Waals surface area contributed by atoms with Crippen LogP contribution in [0.5, 0.6) is 0 Å². The summed E-state index contributed by atoms with van der Waals surface area (Å²) in [5.41, 5.74) is 4.32. The van der Waals surface area contributed by atoms with Crippen molar-refractivity contribution < 1.29 is 24.2 Å². The van der Waals surface area contributed by atoms with E-state index >= 15 is 0 Å². The summed E-state index contributed by atoms with van der Waals surface area (Å²) in [5, 5.41) is 11.1. The molecule has 0 saturated carbocycles. The van der Waals surface area contributed by atoms with Crippen molar-refractivity contribution in [2.45, 2.75) is 52.6 Å². The van der Waals surface area contributed by atoms with E-state index in [-0.39, 0.29) is 30.6 Å². The van der Waals surface area contributed by atoms with Gasteiger partial charge in [-0.2, -0.15) is 0 Å². The van der Waals surface area contributed by atoms with Gasteiger partial charge in [0.2, 0.25) is 0 Å². The zero-order valence-electron chi connectivity index (χ0n) is 23.2. The first-order valence-corrected chi connectivity index (χ1v) is 13.2. The van der Waals surface area contributed by atoms with Crippen LogP contribution in [0, 0.1) is 5.92 Å². The first-order chi connectivity index (χ1) is 18.1. The minimum Gasteiger partial charge on any atom is -0.447 e. The van der Waals surface area contributed by atoms with Crippen molar-refractivity contribution in [1.29, 1.82) is 0 Å². The van der Waals surface area contributed by atoms with E-state index < -0.39 is 12.1 Å². The highest BCUT2D eigenvalue weighted by Gasteiger charge is 2.34. The number of aromatic nitrogens is 1. The quantitative estimate of drug-likeness (QED) is 0.527. The van der Waals surface area contributed by atoms with E-state index in [2.05, 4.69) is 0 Å². The molecule has 4 rings (SSSR count). The fourth-order valence-electron chi connectivity index (χ4n) is 5.16. The van der Waals surface area contributed by atoms with Crippen LogP contribution in [-0.4, -0.2) is 76.5 Å². The number of carbonyl (C=O) groups is 2. The van der Waals surface area contributed by atoms with Gasteiger partial charge in [-0.3, -0.25) is 4.79 Å². The number of para-hydroxylation sites is 1. The SMILES string of the molecule is CC(C)OC(=O)N(C)C[C@@H]1OCc2ccccc2-c2c(n(C)c3ccccc23)C(=O)N([C@@H](C)CO)C[C@@H]1C. The Kier molecular flexibility index (Phi) is 8.43. The number of amides is 2. The van der Waals surface area contributed by atoms with Crippen LogP contribution in [0.25, 0.3) is 22.0 Å². The smallest absolute Gasteiger partial charge is 0.409 e. The van der Waals surface area contributed by atoms with Crippen LogP contribution in [0.2, 0.25) is 0 Å². The molecular weight excluding hydrogens is 482 g/mol. The second-order valence-electron chi connectivity index (χ2n) is 10.6. The van der Waals surface area contributed by atoms with Crippen molar-refractivity contribution in [1.82, 2.24) is 14.4 Å². The van der Waals surface area contributed by atoms with Crippen LogP contribution >= 0.6 is 0 Å². The van der Waals surface area contributed by atoms with Gasteiger partial charge in [-0.05, 0) is 38.0 Å². The molecule has 3 aromatic rings. The van der Waals surface area contributed by atoms with Crippen LogP contribution in [-0.2, 0) is 23.1 Å². The number of benzene rings is 2. The number of nitrogens with zero attached hydrogens (tertiary/aromatic N) is 3. The van der Waals surface area contributed by atoms with Gasteiger partial charge in [-0.1, -0.05) is 49.4 Å². The molecule has 8 nitrogen and oxygen atoms in total. The Bertz CT molecular complexity index is 1300. The van der Waals surface area contributed by atoms with Crippen LogP contribution in [0.15, 0.2) is 48.5 Å². The van der Waals surface area contributed by atoms with E-state index in [0.717, 1.165) is 27.6 Å². The fourth-order valence-corrected chi connectivity index (χ4v) is 5.16. The summed E-state index contributed by atoms with van der Waals surface area (Å²) in [6.45, 7) is 8.32. The summed E-state index contributed by atoms with van der Waals surface area (Å²) in [4.78, 5) is 30.2. The fraction of sp³-hybridized carbons (Fsp3) is 0.467. The van der Waals surface area contributed by atoms with Crippen LogP contribution in [0.4, 0.5) is 4.79 Å². The third kappa shape index (κ3) is 5.42. The van der Waals surface area contributed by atoms with E-state index in [4.69, 9.17) is 9.47 Å². The number of rotatable bonds is 5. The molecule has 2 heterocycles. The van der Waals surface area contributed by atoms with Crippen LogP contribution in [0.1, 0.15) is 43.7 Å². The maximum absolute atomic E-state index is 14.3. The Hall–Kier alpha value is -3.36. The molecule has 0 unspecified atom stereocenters. The highest BCUT2D eigenvalue weighted by molar-refractivity contribution is 6.10. The minimum atomic E-state index is -0.416. The predicted octanol–water partition coefficient (Wildman–Crippen LogP) is 4.68. The van der Waals surface area contributed by atoms with Crippen molar-refractivity contribution in [2.24, 2.45) is 13.0 Å². The third-order valence-electron chi connectivity index (χ3n) is 7.33. The third-order valence-corrected chi connectivity index (χ3v) is 7.33. The standard InChI is InChI=1S/C30H39N3O5/c1-19(2)38-30(36)31(5)16-26-20(3)15-33(21(4)17-34)29(35)28-27(23-12-8-7-11-22(23)18-37-26)24-13-9-10-14-25(24)32(28)6/h7-14,19-21,26,34H,15-18H2,1-6H3/t20-,21-,26-/m0/s1. The number of hydrogen-bond donors (Lipinski definition) is 1. The Morgan fingerprint density at radius 3 is 2.55 bits per heavy atom. The Morgan fingerprint density at radius 1 is 1.16 bits per heavy atom. The van der Waals surface area contributed by atoms with Gasteiger partial charge in [-0.15, -0.1) is 0 Å². The Labute approximate surface area is 224 Å². The van der Waals surface area contributed by atoms with Gasteiger partial charge in [0.25, 0.3) is 5.91 Å². The lowest BCUT2D eigenvalue weighted by Crippen LogP contribution is -2.48. The Balaban J connectivity index is 1.84. The average molecular weight is 522 g/mol. The van der Waals surface area contributed by atoms with Crippen molar-refractivity contribution >= 4 is 22.9 Å². The molecule has 3 atom stereocenters. The Morgan fingerprint density at radius 2 is 1.84 bits per heavy atom. The average Bonchev–Trinajstić information content (AvgIpc) is 3.19. The van der Waals surface area contributed by atoms with E-state index in [1.165, 1.54) is 4.90 Å². The topological polar surface area (TPSA) is 84.2 Å². The molecule has 204 valence electrons. The molecule has 0 spiro atoms. The highest BCUT2D eigenvalue weighted by Crippen LogP contribution is 2.38. The van der Waals surface area contributed by atoms with Gasteiger partial charge in [0, 0.05) is 43.0 Å². The van der Waals surface area contributed by atoms with Crippen molar-refractivity contribution in [3.63, 3.8) is 0 Å². The van der Waals surface area contributed by atoms with E-state index in [0.29, 0.717) is 25.4 Å². The molecule has 1 aliphatic rings. The van der Waals surface area contributed by atoms with Gasteiger partial charge in [0.1, 0.15) is 5.69 Å². The second-order valence-corrected chi connectivity index (χ2v) is 10.6. The van der Waals surface area contributed by atoms with Gasteiger partial charge in [0.15, 0.2) is 0 Å². The molecule has 1 aromatic heterocycles. The molecule has 0 saturated heterocycles. The zero-order valence-corrected chi connectivity index (χ0v) is 23.2. The largest absolute Gasteiger partial charge is 0.447 e. The number of aliphatic hydroxyl groups excluding tert-OH is 1. The maximum atomic E-state index is 14.3. The summed E-state index contributed by atoms with van der Waals surface area (Å²) < 4.78 is 13.8. The molecule has 0 radical (unpaired) electrons. The number of carbonyl (C=O) groups excluding carboxylic acids is 2. The molecule has 1 N–H and O–H groups in total. The number of fused-ring (bicyclic) bond motifs is 5. The normalized spacial score (nSPS) is 19.1. The highest BCUT2D eigenvalue weighted by atomic mass is 16.6. The van der Waals surface area contributed by atoms with Crippen molar-refractivity contribution in [3.8, 4) is 11.1 Å². The van der Waals surface area contributed by atoms with Gasteiger partial charge in [0.05, 0.1) is 38.0 Å². The zero-order chi connectivity index (χ0) is 27.6. The van der Waals surface area contributed by atoms with Crippen molar-refractivity contribution in [2.75, 3.05) is 26.7 Å². The summed E-state index contributed by atoms with van der Waals surface area (Å²) in [7, 11) is 3.61. The lowest BCUT2D eigenvalue weighted by Gasteiger charge is -2.35. The molecule has 2 aromatic carbocycles. The van der Waals surface area contributed by atoms with Crippen molar-refractivity contribution in [3.05, 3.63) is 59.8 Å². The predicted molar refractivity (Wildman–Crippen MR) is 148 cm³/mol. The van der Waals surface area contributed by atoms with Gasteiger partial charge in [-0.25, -0.2) is 4.79 Å². The number of aryl methyl sites for hydroxylation is 1. The van der Waals surface area contributed by atoms with Gasteiger partial charge >= 0.3 is 6.09 Å². The molecule has 38 heavy (non-hydrogen) atoms. The molecule has 0 bridgehead atoms. The minimum absolute atomic E-state index is 0.134. The molecule has 2 amide bonds. The van der Waals surface area contributed by atoms with Crippen LogP contribution < -0.4 is 0 Å². The maximum Gasteiger partial charge on any atom is 0.409 e. The molecule has 1 aliphatic heterocycles. The lowest BCUT2D eigenvalue weighted by molar-refractivity contribution is -0.0246. The van der Waals surface area contributed by atoms with E-state index in [9.17, 15) is 14.7 Å². The van der Waals surface area contributed by atoms with E-state index in [1.54, 1.807) is 11.9 Å². The first-order valence-electron chi connectivity index (χ1n) is 13.2. The summed E-state index contributed by atoms with van der Waals surface area (Å²) >= 11 is 0. The van der Waals surface area contributed by atoms with Gasteiger partial charge < -0.3 is 28.9 Å². The molecule has 0 aliphatic carbocycles. The second kappa shape index (κ2) is 11.6. The lowest BCUT2D eigenvalue weighted by atomic mass is 9.96. The number of hydrogen-bond acceptors (Lipinski definition) is 5. The van der Waals surface area contributed by atoms with E-state index in [1.807, 2.05) is 87.8 Å². The molecule has 8 heteroatoms. The number of likely N-dealkylation sites (N-methyl/N-ethyl adjacent to an activating group) is 1. The monoisotopic (exact) mass is 521 g/mol.